The summed E-state index contributed by atoms with van der Waals surface area (Å²) in [5.74, 6) is 1.47. The highest BCUT2D eigenvalue weighted by Gasteiger charge is 2.28. The van der Waals surface area contributed by atoms with E-state index in [1.165, 1.54) is 5.56 Å². The summed E-state index contributed by atoms with van der Waals surface area (Å²) in [7, 11) is -3.46. The van der Waals surface area contributed by atoms with Crippen LogP contribution in [0.15, 0.2) is 51.9 Å². The summed E-state index contributed by atoms with van der Waals surface area (Å²) in [6.07, 6.45) is 1.81. The topological polar surface area (TPSA) is 76.3 Å². The van der Waals surface area contributed by atoms with Crippen LogP contribution < -0.4 is 0 Å². The molecule has 1 aromatic heterocycles. The first-order chi connectivity index (χ1) is 13.8. The third-order valence-corrected chi connectivity index (χ3v) is 7.44. The molecule has 0 amide bonds. The number of aromatic nitrogens is 2. The molecule has 3 aromatic rings. The Kier molecular flexibility index (Phi) is 5.27. The number of piperidine rings is 1. The zero-order valence-corrected chi connectivity index (χ0v) is 17.7. The number of hydrogen-bond acceptors (Lipinski definition) is 5. The number of aryl methyl sites for hydroxylation is 2. The maximum Gasteiger partial charge on any atom is 0.258 e. The first-order valence-electron chi connectivity index (χ1n) is 9.86. The van der Waals surface area contributed by atoms with Gasteiger partial charge >= 0.3 is 0 Å². The van der Waals surface area contributed by atoms with Gasteiger partial charge in [-0.3, -0.25) is 0 Å². The van der Waals surface area contributed by atoms with Crippen LogP contribution in [0.5, 0.6) is 0 Å². The highest BCUT2D eigenvalue weighted by atomic mass is 32.2. The number of rotatable bonds is 4. The molecule has 2 aromatic carbocycles. The number of hydrogen-bond donors (Lipinski definition) is 0. The Labute approximate surface area is 171 Å². The molecule has 1 aliphatic heterocycles. The maximum atomic E-state index is 12.9. The maximum absolute atomic E-state index is 12.9. The Hall–Kier alpha value is -2.51. The minimum absolute atomic E-state index is 0.300. The number of sulfonamides is 1. The Balaban J connectivity index is 1.56. The zero-order valence-electron chi connectivity index (χ0n) is 16.9. The van der Waals surface area contributed by atoms with E-state index in [2.05, 4.69) is 23.1 Å². The second-order valence-corrected chi connectivity index (χ2v) is 9.79. The molecule has 0 N–H and O–H groups in total. The molecule has 1 saturated heterocycles. The van der Waals surface area contributed by atoms with Crippen molar-refractivity contribution in [3.8, 4) is 22.8 Å². The highest BCUT2D eigenvalue weighted by molar-refractivity contribution is 7.89. The van der Waals surface area contributed by atoms with Crippen molar-refractivity contribution in [1.82, 2.24) is 14.4 Å². The van der Waals surface area contributed by atoms with E-state index >= 15 is 0 Å². The first-order valence-corrected chi connectivity index (χ1v) is 11.3. The fraction of sp³-hybridized carbons (Fsp3) is 0.364. The van der Waals surface area contributed by atoms with Gasteiger partial charge in [0.25, 0.3) is 5.89 Å². The highest BCUT2D eigenvalue weighted by Crippen LogP contribution is 2.28. The van der Waals surface area contributed by atoms with Gasteiger partial charge in [-0.25, -0.2) is 8.42 Å². The third-order valence-electron chi connectivity index (χ3n) is 5.53. The van der Waals surface area contributed by atoms with Crippen molar-refractivity contribution in [1.29, 1.82) is 0 Å². The van der Waals surface area contributed by atoms with E-state index in [0.29, 0.717) is 35.6 Å². The van der Waals surface area contributed by atoms with E-state index < -0.39 is 10.0 Å². The van der Waals surface area contributed by atoms with Gasteiger partial charge in [0.2, 0.25) is 15.8 Å². The molecule has 7 heteroatoms. The molecule has 0 unspecified atom stereocenters. The fourth-order valence-electron chi connectivity index (χ4n) is 3.65. The van der Waals surface area contributed by atoms with Gasteiger partial charge in [-0.15, -0.1) is 0 Å². The van der Waals surface area contributed by atoms with Gasteiger partial charge in [0.15, 0.2) is 0 Å². The average Bonchev–Trinajstić information content (AvgIpc) is 3.18. The van der Waals surface area contributed by atoms with E-state index in [0.717, 1.165) is 29.5 Å². The van der Waals surface area contributed by atoms with E-state index in [1.54, 1.807) is 28.6 Å². The Morgan fingerprint density at radius 3 is 2.38 bits per heavy atom. The van der Waals surface area contributed by atoms with Crippen molar-refractivity contribution >= 4 is 10.0 Å². The van der Waals surface area contributed by atoms with Crippen LogP contribution in [0.25, 0.3) is 22.8 Å². The number of nitrogens with zero attached hydrogens (tertiary/aromatic N) is 3. The molecule has 0 bridgehead atoms. The summed E-state index contributed by atoms with van der Waals surface area (Å²) in [5, 5.41) is 4.07. The van der Waals surface area contributed by atoms with Crippen molar-refractivity contribution in [2.45, 2.75) is 38.5 Å². The van der Waals surface area contributed by atoms with E-state index in [9.17, 15) is 8.42 Å². The van der Waals surface area contributed by atoms with Crippen LogP contribution in [0.4, 0.5) is 0 Å². The molecule has 0 radical (unpaired) electrons. The lowest BCUT2D eigenvalue weighted by Gasteiger charge is -2.29. The molecule has 0 atom stereocenters. The lowest BCUT2D eigenvalue weighted by atomic mass is 10.0. The first kappa shape index (κ1) is 19.8. The van der Waals surface area contributed by atoms with Gasteiger partial charge in [-0.05, 0) is 68.5 Å². The van der Waals surface area contributed by atoms with Crippen molar-refractivity contribution < 1.29 is 12.9 Å². The molecule has 4 rings (SSSR count). The Bertz CT molecular complexity index is 1110. The summed E-state index contributed by atoms with van der Waals surface area (Å²) in [6.45, 7) is 7.37. The van der Waals surface area contributed by atoms with Gasteiger partial charge in [-0.2, -0.15) is 9.29 Å². The SMILES string of the molecule is Cc1ccc(-c2nc(-c3ccc(S(=O)(=O)N4CCC(C)CC4)cc3)no2)c(C)c1. The molecule has 0 spiro atoms. The van der Waals surface area contributed by atoms with Gasteiger partial charge in [0, 0.05) is 24.2 Å². The van der Waals surface area contributed by atoms with E-state index in [-0.39, 0.29) is 0 Å². The van der Waals surface area contributed by atoms with Crippen LogP contribution >= 0.6 is 0 Å². The third kappa shape index (κ3) is 3.97. The molecular weight excluding hydrogens is 386 g/mol. The van der Waals surface area contributed by atoms with Gasteiger partial charge < -0.3 is 4.52 Å². The van der Waals surface area contributed by atoms with Crippen LogP contribution in [0.2, 0.25) is 0 Å². The standard InChI is InChI=1S/C22H25N3O3S/c1-15-10-12-25(13-11-15)29(26,27)19-7-5-18(6-8-19)21-23-22(28-24-21)20-9-4-16(2)14-17(20)3/h4-9,14-15H,10-13H2,1-3H3. The molecule has 1 fully saturated rings. The summed E-state index contributed by atoms with van der Waals surface area (Å²) in [4.78, 5) is 4.79. The predicted molar refractivity (Wildman–Crippen MR) is 112 cm³/mol. The molecule has 2 heterocycles. The smallest absolute Gasteiger partial charge is 0.258 e. The van der Waals surface area contributed by atoms with Crippen LogP contribution in [-0.2, 0) is 10.0 Å². The van der Waals surface area contributed by atoms with Crippen molar-refractivity contribution in [2.24, 2.45) is 5.92 Å². The Morgan fingerprint density at radius 2 is 1.72 bits per heavy atom. The lowest BCUT2D eigenvalue weighted by Crippen LogP contribution is -2.37. The van der Waals surface area contributed by atoms with Gasteiger partial charge in [0.1, 0.15) is 0 Å². The van der Waals surface area contributed by atoms with Crippen molar-refractivity contribution in [3.63, 3.8) is 0 Å². The monoisotopic (exact) mass is 411 g/mol. The van der Waals surface area contributed by atoms with Gasteiger partial charge in [-0.1, -0.05) is 29.8 Å². The summed E-state index contributed by atoms with van der Waals surface area (Å²) in [6, 6.07) is 12.8. The van der Waals surface area contributed by atoms with Crippen LogP contribution in [0.1, 0.15) is 30.9 Å². The molecular formula is C22H25N3O3S. The quantitative estimate of drug-likeness (QED) is 0.634. The lowest BCUT2D eigenvalue weighted by molar-refractivity contribution is 0.288. The second-order valence-electron chi connectivity index (χ2n) is 7.85. The zero-order chi connectivity index (χ0) is 20.6. The van der Waals surface area contributed by atoms with Crippen LogP contribution in [0, 0.1) is 19.8 Å². The fourth-order valence-corrected chi connectivity index (χ4v) is 5.12. The molecule has 1 aliphatic rings. The van der Waals surface area contributed by atoms with E-state index in [1.807, 2.05) is 26.0 Å². The largest absolute Gasteiger partial charge is 0.334 e. The minimum atomic E-state index is -3.46. The Morgan fingerprint density at radius 1 is 1.03 bits per heavy atom. The van der Waals surface area contributed by atoms with Gasteiger partial charge in [0.05, 0.1) is 4.90 Å². The second kappa shape index (κ2) is 7.72. The molecule has 152 valence electrons. The minimum Gasteiger partial charge on any atom is -0.334 e. The summed E-state index contributed by atoms with van der Waals surface area (Å²) >= 11 is 0. The summed E-state index contributed by atoms with van der Waals surface area (Å²) < 4.78 is 32.8. The molecule has 0 aliphatic carbocycles. The number of benzene rings is 2. The van der Waals surface area contributed by atoms with Crippen molar-refractivity contribution in [3.05, 3.63) is 53.6 Å². The normalized spacial score (nSPS) is 16.2. The van der Waals surface area contributed by atoms with Crippen molar-refractivity contribution in [2.75, 3.05) is 13.1 Å². The summed E-state index contributed by atoms with van der Waals surface area (Å²) in [5.41, 5.74) is 3.85. The molecule has 0 saturated carbocycles. The van der Waals surface area contributed by atoms with Crippen LogP contribution in [0.3, 0.4) is 0 Å². The average molecular weight is 412 g/mol. The van der Waals surface area contributed by atoms with E-state index in [4.69, 9.17) is 4.52 Å². The molecule has 29 heavy (non-hydrogen) atoms. The predicted octanol–water partition coefficient (Wildman–Crippen LogP) is 4.44. The molecule has 6 nitrogen and oxygen atoms in total. The van der Waals surface area contributed by atoms with Crippen LogP contribution in [-0.4, -0.2) is 36.0 Å².